The molecule has 1 aliphatic heterocycles. The number of piperidine rings is 1. The summed E-state index contributed by atoms with van der Waals surface area (Å²) in [4.78, 5) is 25.5. The first kappa shape index (κ1) is 18.3. The summed E-state index contributed by atoms with van der Waals surface area (Å²) in [5.41, 5.74) is 0.919. The summed E-state index contributed by atoms with van der Waals surface area (Å²) in [6.45, 7) is 7.58. The number of carbonyl (C=O) groups excluding carboxylic acids is 1. The van der Waals surface area contributed by atoms with Crippen molar-refractivity contribution in [2.45, 2.75) is 45.8 Å². The predicted octanol–water partition coefficient (Wildman–Crippen LogP) is 1.75. The number of aryl methyl sites for hydroxylation is 1. The molecule has 1 amide bonds. The van der Waals surface area contributed by atoms with Crippen LogP contribution in [0.2, 0.25) is 0 Å². The second-order valence-electron chi connectivity index (χ2n) is 6.86. The molecule has 2 N–H and O–H groups in total. The van der Waals surface area contributed by atoms with Gasteiger partial charge in [0.05, 0.1) is 6.10 Å². The lowest BCUT2D eigenvalue weighted by Gasteiger charge is -2.38. The van der Waals surface area contributed by atoms with Crippen molar-refractivity contribution in [3.05, 3.63) is 29.3 Å². The zero-order chi connectivity index (χ0) is 18.1. The van der Waals surface area contributed by atoms with Crippen LogP contribution in [0.4, 0.5) is 0 Å². The predicted molar refractivity (Wildman–Crippen MR) is 89.0 cm³/mol. The summed E-state index contributed by atoms with van der Waals surface area (Å²) in [6.07, 6.45) is -0.669. The number of carboxylic acid groups (broad SMARTS) is 1. The number of rotatable bonds is 4. The van der Waals surface area contributed by atoms with Gasteiger partial charge in [-0.25, -0.2) is 0 Å². The number of aliphatic hydroxyl groups excluding tert-OH is 1. The average Bonchev–Trinajstić information content (AvgIpc) is 2.51. The van der Waals surface area contributed by atoms with Crippen molar-refractivity contribution < 1.29 is 24.5 Å². The van der Waals surface area contributed by atoms with Crippen LogP contribution in [-0.4, -0.2) is 51.8 Å². The zero-order valence-electron chi connectivity index (χ0n) is 14.6. The Morgan fingerprint density at radius 3 is 2.58 bits per heavy atom. The van der Waals surface area contributed by atoms with E-state index in [1.54, 1.807) is 13.8 Å². The summed E-state index contributed by atoms with van der Waals surface area (Å²) in [5, 5.41) is 19.0. The van der Waals surface area contributed by atoms with E-state index in [2.05, 4.69) is 0 Å². The maximum absolute atomic E-state index is 12.8. The number of amides is 1. The van der Waals surface area contributed by atoms with E-state index in [0.717, 1.165) is 11.1 Å². The zero-order valence-corrected chi connectivity index (χ0v) is 14.6. The van der Waals surface area contributed by atoms with Crippen LogP contribution in [0.25, 0.3) is 0 Å². The lowest BCUT2D eigenvalue weighted by atomic mass is 9.93. The highest BCUT2D eigenvalue weighted by Crippen LogP contribution is 2.27. The molecule has 1 heterocycles. The molecule has 0 spiro atoms. The number of hydrogen-bond acceptors (Lipinski definition) is 4. The summed E-state index contributed by atoms with van der Waals surface area (Å²) in [5.74, 6) is -1.69. The Kier molecular flexibility index (Phi) is 5.18. The fraction of sp³-hybridized carbons (Fsp3) is 0.556. The monoisotopic (exact) mass is 335 g/mol. The van der Waals surface area contributed by atoms with E-state index >= 15 is 0 Å². The van der Waals surface area contributed by atoms with Crippen molar-refractivity contribution >= 4 is 11.9 Å². The van der Waals surface area contributed by atoms with Crippen LogP contribution in [0, 0.1) is 19.8 Å². The van der Waals surface area contributed by atoms with Crippen LogP contribution >= 0.6 is 0 Å². The van der Waals surface area contributed by atoms with E-state index in [4.69, 9.17) is 4.74 Å². The third-order valence-electron chi connectivity index (χ3n) is 4.62. The number of nitrogens with zero attached hydrogens (tertiary/aromatic N) is 1. The molecule has 0 radical (unpaired) electrons. The summed E-state index contributed by atoms with van der Waals surface area (Å²) >= 11 is 0. The third kappa shape index (κ3) is 3.70. The van der Waals surface area contributed by atoms with Gasteiger partial charge in [0.25, 0.3) is 5.91 Å². The van der Waals surface area contributed by atoms with Gasteiger partial charge in [-0.3, -0.25) is 9.59 Å². The van der Waals surface area contributed by atoms with Gasteiger partial charge < -0.3 is 19.8 Å². The van der Waals surface area contributed by atoms with Crippen molar-refractivity contribution in [3.8, 4) is 5.75 Å². The summed E-state index contributed by atoms with van der Waals surface area (Å²) in [6, 6.07) is 5.66. The van der Waals surface area contributed by atoms with Gasteiger partial charge >= 0.3 is 5.97 Å². The highest BCUT2D eigenvalue weighted by molar-refractivity contribution is 5.85. The molecule has 0 aliphatic carbocycles. The molecule has 6 heteroatoms. The lowest BCUT2D eigenvalue weighted by molar-refractivity contribution is -0.156. The van der Waals surface area contributed by atoms with Gasteiger partial charge in [0, 0.05) is 13.1 Å². The maximum atomic E-state index is 12.8. The van der Waals surface area contributed by atoms with Crippen molar-refractivity contribution in [1.29, 1.82) is 0 Å². The minimum absolute atomic E-state index is 0.00504. The number of aliphatic carboxylic acids is 1. The molecule has 1 aromatic rings. The first-order chi connectivity index (χ1) is 11.1. The van der Waals surface area contributed by atoms with Crippen molar-refractivity contribution in [2.24, 2.45) is 5.92 Å². The number of benzene rings is 1. The molecule has 0 unspecified atom stereocenters. The number of likely N-dealkylation sites (tertiary alicyclic amines) is 1. The molecule has 1 saturated heterocycles. The Balaban J connectivity index is 2.15. The number of carbonyl (C=O) groups is 2. The molecule has 0 bridgehead atoms. The number of aliphatic hydroxyl groups is 1. The Bertz CT molecular complexity index is 640. The highest BCUT2D eigenvalue weighted by atomic mass is 16.5. The number of ether oxygens (including phenoxy) is 1. The average molecular weight is 335 g/mol. The van der Waals surface area contributed by atoms with Gasteiger partial charge in [-0.15, -0.1) is 0 Å². The molecule has 132 valence electrons. The van der Waals surface area contributed by atoms with Crippen LogP contribution in [0.1, 0.15) is 31.4 Å². The fourth-order valence-electron chi connectivity index (χ4n) is 2.90. The smallest absolute Gasteiger partial charge is 0.310 e. The first-order valence-electron chi connectivity index (χ1n) is 8.09. The van der Waals surface area contributed by atoms with Crippen molar-refractivity contribution in [1.82, 2.24) is 4.90 Å². The van der Waals surface area contributed by atoms with E-state index in [1.165, 1.54) is 4.90 Å². The maximum Gasteiger partial charge on any atom is 0.310 e. The quantitative estimate of drug-likeness (QED) is 0.875. The topological polar surface area (TPSA) is 87.1 Å². The lowest BCUT2D eigenvalue weighted by Crippen LogP contribution is -2.55. The standard InChI is InChI=1S/C18H25NO5/c1-11-6-5-7-15(12(11)2)24-18(3,4)17(23)19-9-8-14(20)13(10-19)16(21)22/h5-7,13-14,20H,8-10H2,1-4H3,(H,21,22)/t13-,14-/m0/s1. The van der Waals surface area contributed by atoms with Crippen LogP contribution in [0.15, 0.2) is 18.2 Å². The van der Waals surface area contributed by atoms with Gasteiger partial charge in [0.1, 0.15) is 11.7 Å². The molecular formula is C18H25NO5. The summed E-state index contributed by atoms with van der Waals surface area (Å²) in [7, 11) is 0. The van der Waals surface area contributed by atoms with Crippen molar-refractivity contribution in [2.75, 3.05) is 13.1 Å². The SMILES string of the molecule is Cc1cccc(OC(C)(C)C(=O)N2CC[C@H](O)[C@@H](C(=O)O)C2)c1C. The van der Waals surface area contributed by atoms with Crippen LogP contribution in [0.5, 0.6) is 5.75 Å². The van der Waals surface area contributed by atoms with Gasteiger partial charge in [0.15, 0.2) is 5.60 Å². The minimum atomic E-state index is -1.12. The van der Waals surface area contributed by atoms with Gasteiger partial charge in [-0.1, -0.05) is 12.1 Å². The second-order valence-corrected chi connectivity index (χ2v) is 6.86. The molecule has 1 aromatic carbocycles. The highest BCUT2D eigenvalue weighted by Gasteiger charge is 2.41. The molecule has 2 atom stereocenters. The molecule has 6 nitrogen and oxygen atoms in total. The van der Waals surface area contributed by atoms with Crippen molar-refractivity contribution in [3.63, 3.8) is 0 Å². The molecule has 24 heavy (non-hydrogen) atoms. The summed E-state index contributed by atoms with van der Waals surface area (Å²) < 4.78 is 5.95. The number of hydrogen-bond donors (Lipinski definition) is 2. The van der Waals surface area contributed by atoms with Crippen LogP contribution < -0.4 is 4.74 Å². The molecule has 0 saturated carbocycles. The third-order valence-corrected chi connectivity index (χ3v) is 4.62. The minimum Gasteiger partial charge on any atom is -0.481 e. The van der Waals surface area contributed by atoms with E-state index in [1.807, 2.05) is 32.0 Å². The Hall–Kier alpha value is -2.08. The second kappa shape index (κ2) is 6.81. The van der Waals surface area contributed by atoms with E-state index in [0.29, 0.717) is 12.3 Å². The molecule has 1 fully saturated rings. The molecule has 1 aliphatic rings. The van der Waals surface area contributed by atoms with Crippen LogP contribution in [0.3, 0.4) is 0 Å². The van der Waals surface area contributed by atoms with Crippen LogP contribution in [-0.2, 0) is 9.59 Å². The number of carboxylic acids is 1. The van der Waals surface area contributed by atoms with E-state index < -0.39 is 23.6 Å². The first-order valence-corrected chi connectivity index (χ1v) is 8.09. The van der Waals surface area contributed by atoms with E-state index in [9.17, 15) is 19.8 Å². The normalized spacial score (nSPS) is 21.5. The van der Waals surface area contributed by atoms with E-state index in [-0.39, 0.29) is 18.9 Å². The van der Waals surface area contributed by atoms with Gasteiger partial charge in [0.2, 0.25) is 0 Å². The molecule has 2 rings (SSSR count). The fourth-order valence-corrected chi connectivity index (χ4v) is 2.90. The van der Waals surface area contributed by atoms with Gasteiger partial charge in [-0.05, 0) is 51.3 Å². The Morgan fingerprint density at radius 1 is 1.29 bits per heavy atom. The molecular weight excluding hydrogens is 310 g/mol. The largest absolute Gasteiger partial charge is 0.481 e. The Morgan fingerprint density at radius 2 is 1.96 bits per heavy atom. The molecule has 0 aromatic heterocycles. The Labute approximate surface area is 142 Å². The van der Waals surface area contributed by atoms with Gasteiger partial charge in [-0.2, -0.15) is 0 Å².